The maximum atomic E-state index is 11.9. The van der Waals surface area contributed by atoms with E-state index in [-0.39, 0.29) is 11.8 Å². The molecule has 0 aliphatic heterocycles. The summed E-state index contributed by atoms with van der Waals surface area (Å²) in [5.74, 6) is 0. The molecule has 1 saturated carbocycles. The number of benzene rings is 1. The summed E-state index contributed by atoms with van der Waals surface area (Å²) in [6, 6.07) is 9.08. The third kappa shape index (κ3) is 3.31. The monoisotopic (exact) mass is 269 g/mol. The summed E-state index contributed by atoms with van der Waals surface area (Å²) in [6.07, 6.45) is 2.63. The van der Waals surface area contributed by atoms with Crippen LogP contribution in [0.2, 0.25) is 0 Å². The Morgan fingerprint density at radius 2 is 1.83 bits per heavy atom. The molecule has 1 atom stereocenters. The Balaban J connectivity index is 1.91. The fourth-order valence-electron chi connectivity index (χ4n) is 2.30. The minimum absolute atomic E-state index is 0.0445. The number of rotatable bonds is 5. The van der Waals surface area contributed by atoms with Crippen molar-refractivity contribution in [3.05, 3.63) is 35.9 Å². The minimum atomic E-state index is -3.27. The van der Waals surface area contributed by atoms with Gasteiger partial charge in [0.05, 0.1) is 11.4 Å². The van der Waals surface area contributed by atoms with Crippen LogP contribution in [0.5, 0.6) is 0 Å². The SMILES string of the molecule is O=S(=O)(NCC(O)c1ccccc1)C1CCCC1. The van der Waals surface area contributed by atoms with Crippen LogP contribution < -0.4 is 4.72 Å². The maximum absolute atomic E-state index is 11.9. The van der Waals surface area contributed by atoms with Gasteiger partial charge in [-0.25, -0.2) is 13.1 Å². The Hall–Kier alpha value is -0.910. The molecular weight excluding hydrogens is 250 g/mol. The first-order valence-electron chi connectivity index (χ1n) is 6.31. The molecule has 0 heterocycles. The van der Waals surface area contributed by atoms with Gasteiger partial charge in [-0.05, 0) is 18.4 Å². The van der Waals surface area contributed by atoms with Crippen LogP contribution in [0.3, 0.4) is 0 Å². The molecule has 0 bridgehead atoms. The van der Waals surface area contributed by atoms with Gasteiger partial charge < -0.3 is 5.11 Å². The van der Waals surface area contributed by atoms with Crippen molar-refractivity contribution in [2.45, 2.75) is 37.0 Å². The highest BCUT2D eigenvalue weighted by Gasteiger charge is 2.28. The van der Waals surface area contributed by atoms with E-state index in [4.69, 9.17) is 0 Å². The fourth-order valence-corrected chi connectivity index (χ4v) is 3.88. The van der Waals surface area contributed by atoms with Gasteiger partial charge >= 0.3 is 0 Å². The van der Waals surface area contributed by atoms with Crippen molar-refractivity contribution < 1.29 is 13.5 Å². The normalized spacial score (nSPS) is 18.9. The Bertz CT molecular complexity index is 466. The molecule has 2 rings (SSSR count). The molecule has 1 aliphatic carbocycles. The summed E-state index contributed by atoms with van der Waals surface area (Å²) in [4.78, 5) is 0. The van der Waals surface area contributed by atoms with Crippen molar-refractivity contribution in [3.63, 3.8) is 0 Å². The average Bonchev–Trinajstić information content (AvgIpc) is 2.92. The van der Waals surface area contributed by atoms with E-state index in [1.807, 2.05) is 18.2 Å². The number of aliphatic hydroxyl groups excluding tert-OH is 1. The molecule has 5 heteroatoms. The summed E-state index contributed by atoms with van der Waals surface area (Å²) in [7, 11) is -3.27. The zero-order valence-corrected chi connectivity index (χ0v) is 11.1. The van der Waals surface area contributed by atoms with E-state index >= 15 is 0 Å². The molecule has 1 aromatic rings. The van der Waals surface area contributed by atoms with Gasteiger partial charge in [-0.15, -0.1) is 0 Å². The van der Waals surface area contributed by atoms with Gasteiger partial charge in [-0.3, -0.25) is 0 Å². The zero-order chi connectivity index (χ0) is 13.0. The lowest BCUT2D eigenvalue weighted by Gasteiger charge is -2.15. The van der Waals surface area contributed by atoms with E-state index in [1.165, 1.54) is 0 Å². The fraction of sp³-hybridized carbons (Fsp3) is 0.538. The van der Waals surface area contributed by atoms with Crippen LogP contribution in [0.4, 0.5) is 0 Å². The summed E-state index contributed by atoms with van der Waals surface area (Å²) in [5.41, 5.74) is 0.728. The third-order valence-electron chi connectivity index (χ3n) is 3.40. The molecule has 0 saturated heterocycles. The van der Waals surface area contributed by atoms with Gasteiger partial charge in [0.1, 0.15) is 0 Å². The highest BCUT2D eigenvalue weighted by atomic mass is 32.2. The lowest BCUT2D eigenvalue weighted by molar-refractivity contribution is 0.182. The van der Waals surface area contributed by atoms with Crippen LogP contribution in [0.15, 0.2) is 30.3 Å². The van der Waals surface area contributed by atoms with Crippen LogP contribution in [0.1, 0.15) is 37.4 Å². The third-order valence-corrected chi connectivity index (χ3v) is 5.32. The van der Waals surface area contributed by atoms with Gasteiger partial charge in [-0.2, -0.15) is 0 Å². The second-order valence-electron chi connectivity index (χ2n) is 4.73. The van der Waals surface area contributed by atoms with Gasteiger partial charge in [0, 0.05) is 6.54 Å². The summed E-state index contributed by atoms with van der Waals surface area (Å²) in [6.45, 7) is 0.0445. The molecule has 0 spiro atoms. The molecule has 0 aromatic heterocycles. The van der Waals surface area contributed by atoms with Crippen molar-refractivity contribution in [1.82, 2.24) is 4.72 Å². The Labute approximate surface area is 108 Å². The van der Waals surface area contributed by atoms with Crippen molar-refractivity contribution in [1.29, 1.82) is 0 Å². The molecule has 1 aromatic carbocycles. The first-order chi connectivity index (χ1) is 8.59. The Kier molecular flexibility index (Phi) is 4.37. The minimum Gasteiger partial charge on any atom is -0.387 e. The second kappa shape index (κ2) is 5.82. The molecule has 4 nitrogen and oxygen atoms in total. The first-order valence-corrected chi connectivity index (χ1v) is 7.86. The highest BCUT2D eigenvalue weighted by Crippen LogP contribution is 2.24. The second-order valence-corrected chi connectivity index (χ2v) is 6.77. The predicted octanol–water partition coefficient (Wildman–Crippen LogP) is 1.58. The van der Waals surface area contributed by atoms with E-state index in [0.717, 1.165) is 31.2 Å². The van der Waals surface area contributed by atoms with Crippen LogP contribution in [0.25, 0.3) is 0 Å². The van der Waals surface area contributed by atoms with Gasteiger partial charge in [0.25, 0.3) is 0 Å². The smallest absolute Gasteiger partial charge is 0.214 e. The van der Waals surface area contributed by atoms with Gasteiger partial charge in [0.15, 0.2) is 0 Å². The number of hydrogen-bond donors (Lipinski definition) is 2. The van der Waals surface area contributed by atoms with Crippen molar-refractivity contribution in [2.75, 3.05) is 6.54 Å². The Morgan fingerprint density at radius 1 is 1.22 bits per heavy atom. The standard InChI is InChI=1S/C13H19NO3S/c15-13(11-6-2-1-3-7-11)10-14-18(16,17)12-8-4-5-9-12/h1-3,6-7,12-15H,4-5,8-10H2. The predicted molar refractivity (Wildman–Crippen MR) is 70.6 cm³/mol. The largest absolute Gasteiger partial charge is 0.387 e. The first kappa shape index (κ1) is 13.5. The quantitative estimate of drug-likeness (QED) is 0.853. The molecule has 1 fully saturated rings. The van der Waals surface area contributed by atoms with Crippen molar-refractivity contribution in [3.8, 4) is 0 Å². The van der Waals surface area contributed by atoms with Gasteiger partial charge in [0.2, 0.25) is 10.0 Å². The van der Waals surface area contributed by atoms with Crippen molar-refractivity contribution in [2.24, 2.45) is 0 Å². The molecule has 1 aliphatic rings. The summed E-state index contributed by atoms with van der Waals surface area (Å²) in [5, 5.41) is 9.62. The lowest BCUT2D eigenvalue weighted by atomic mass is 10.1. The molecule has 0 amide bonds. The number of sulfonamides is 1. The van der Waals surface area contributed by atoms with Crippen molar-refractivity contribution >= 4 is 10.0 Å². The molecule has 1 unspecified atom stereocenters. The van der Waals surface area contributed by atoms with Gasteiger partial charge in [-0.1, -0.05) is 43.2 Å². The van der Waals surface area contributed by atoms with Crippen LogP contribution in [-0.2, 0) is 10.0 Å². The summed E-state index contributed by atoms with van der Waals surface area (Å²) < 4.78 is 26.4. The number of aliphatic hydroxyl groups is 1. The maximum Gasteiger partial charge on any atom is 0.214 e. The molecule has 0 radical (unpaired) electrons. The van der Waals surface area contributed by atoms with Crippen LogP contribution in [0, 0.1) is 0 Å². The van der Waals surface area contributed by atoms with Crippen LogP contribution in [-0.4, -0.2) is 25.3 Å². The molecule has 2 N–H and O–H groups in total. The summed E-state index contributed by atoms with van der Waals surface area (Å²) >= 11 is 0. The van der Waals surface area contributed by atoms with E-state index in [1.54, 1.807) is 12.1 Å². The van der Waals surface area contributed by atoms with E-state index in [0.29, 0.717) is 0 Å². The highest BCUT2D eigenvalue weighted by molar-refractivity contribution is 7.90. The number of nitrogens with one attached hydrogen (secondary N) is 1. The lowest BCUT2D eigenvalue weighted by Crippen LogP contribution is -2.35. The molecular formula is C13H19NO3S. The average molecular weight is 269 g/mol. The number of hydrogen-bond acceptors (Lipinski definition) is 3. The van der Waals surface area contributed by atoms with Crippen LogP contribution >= 0.6 is 0 Å². The molecule has 100 valence electrons. The van der Waals surface area contributed by atoms with E-state index < -0.39 is 16.1 Å². The zero-order valence-electron chi connectivity index (χ0n) is 10.2. The van der Waals surface area contributed by atoms with E-state index in [2.05, 4.69) is 4.72 Å². The molecule has 18 heavy (non-hydrogen) atoms. The Morgan fingerprint density at radius 3 is 2.44 bits per heavy atom. The van der Waals surface area contributed by atoms with E-state index in [9.17, 15) is 13.5 Å². The topological polar surface area (TPSA) is 66.4 Å².